The summed E-state index contributed by atoms with van der Waals surface area (Å²) in [6.07, 6.45) is 0. The van der Waals surface area contributed by atoms with Gasteiger partial charge >= 0.3 is 5.97 Å². The number of nitro groups is 1. The number of carboxylic acid groups (broad SMARTS) is 1. The first-order chi connectivity index (χ1) is 8.56. The Morgan fingerprint density at radius 1 is 1.33 bits per heavy atom. The van der Waals surface area contributed by atoms with Crippen molar-refractivity contribution in [1.29, 1.82) is 0 Å². The van der Waals surface area contributed by atoms with Gasteiger partial charge in [-0.3, -0.25) is 10.1 Å². The van der Waals surface area contributed by atoms with E-state index in [4.69, 9.17) is 14.3 Å². The number of rotatable bonds is 4. The summed E-state index contributed by atoms with van der Waals surface area (Å²) in [6.45, 7) is 0. The molecule has 0 saturated carbocycles. The van der Waals surface area contributed by atoms with Gasteiger partial charge < -0.3 is 14.3 Å². The third-order valence-electron chi connectivity index (χ3n) is 2.04. The Labute approximate surface area is 100 Å². The second-order valence-corrected chi connectivity index (χ2v) is 3.28. The van der Waals surface area contributed by atoms with Gasteiger partial charge in [0.25, 0.3) is 11.6 Å². The number of nitro benzene ring substituents is 1. The Hall–Kier alpha value is -2.83. The molecule has 0 bridgehead atoms. The second kappa shape index (κ2) is 4.58. The molecule has 0 aliphatic carbocycles. The van der Waals surface area contributed by atoms with Crippen LogP contribution in [0.15, 0.2) is 40.8 Å². The van der Waals surface area contributed by atoms with Crippen molar-refractivity contribution in [3.63, 3.8) is 0 Å². The molecule has 0 aliphatic heterocycles. The quantitative estimate of drug-likeness (QED) is 0.659. The molecule has 92 valence electrons. The third kappa shape index (κ3) is 2.46. The second-order valence-electron chi connectivity index (χ2n) is 3.28. The Balaban J connectivity index is 2.20. The number of nitrogens with zero attached hydrogens (tertiary/aromatic N) is 1. The Morgan fingerprint density at radius 3 is 2.72 bits per heavy atom. The molecule has 2 aromatic rings. The number of hydrogen-bond acceptors (Lipinski definition) is 5. The molecule has 1 heterocycles. The fraction of sp³-hybridized carbons (Fsp3) is 0. The van der Waals surface area contributed by atoms with Crippen LogP contribution in [0.25, 0.3) is 0 Å². The molecule has 18 heavy (non-hydrogen) atoms. The molecule has 0 spiro atoms. The summed E-state index contributed by atoms with van der Waals surface area (Å²) < 4.78 is 10.0. The monoisotopic (exact) mass is 249 g/mol. The summed E-state index contributed by atoms with van der Waals surface area (Å²) in [6, 6.07) is 8.03. The predicted octanol–water partition coefficient (Wildman–Crippen LogP) is 2.68. The number of ether oxygens (including phenoxy) is 1. The Kier molecular flexibility index (Phi) is 2.96. The normalized spacial score (nSPS) is 10.0. The van der Waals surface area contributed by atoms with Crippen LogP contribution in [0, 0.1) is 10.1 Å². The van der Waals surface area contributed by atoms with Crippen LogP contribution in [0.2, 0.25) is 0 Å². The minimum Gasteiger partial charge on any atom is -0.475 e. The van der Waals surface area contributed by atoms with E-state index in [1.807, 2.05) is 0 Å². The van der Waals surface area contributed by atoms with E-state index in [9.17, 15) is 14.9 Å². The van der Waals surface area contributed by atoms with Crippen molar-refractivity contribution in [2.75, 3.05) is 0 Å². The topological polar surface area (TPSA) is 103 Å². The summed E-state index contributed by atoms with van der Waals surface area (Å²) in [4.78, 5) is 20.6. The molecule has 2 rings (SSSR count). The van der Waals surface area contributed by atoms with Gasteiger partial charge in [-0.25, -0.2) is 4.79 Å². The predicted molar refractivity (Wildman–Crippen MR) is 58.8 cm³/mol. The summed E-state index contributed by atoms with van der Waals surface area (Å²) in [5.41, 5.74) is -0.127. The lowest BCUT2D eigenvalue weighted by Crippen LogP contribution is -1.92. The van der Waals surface area contributed by atoms with Crippen molar-refractivity contribution in [1.82, 2.24) is 0 Å². The van der Waals surface area contributed by atoms with Crippen molar-refractivity contribution >= 4 is 11.7 Å². The maximum atomic E-state index is 10.6. The van der Waals surface area contributed by atoms with Gasteiger partial charge in [0.15, 0.2) is 0 Å². The molecular formula is C11H7NO6. The molecule has 1 aromatic heterocycles. The number of furan rings is 1. The van der Waals surface area contributed by atoms with Crippen molar-refractivity contribution in [3.8, 4) is 11.7 Å². The molecule has 0 aliphatic rings. The minimum atomic E-state index is -1.22. The molecule has 0 amide bonds. The van der Waals surface area contributed by atoms with Gasteiger partial charge in [0.2, 0.25) is 5.76 Å². The molecule has 1 aromatic carbocycles. The maximum Gasteiger partial charge on any atom is 0.371 e. The lowest BCUT2D eigenvalue weighted by molar-refractivity contribution is -0.384. The van der Waals surface area contributed by atoms with Crippen molar-refractivity contribution in [2.45, 2.75) is 0 Å². The number of carbonyl (C=O) groups is 1. The first-order valence-electron chi connectivity index (χ1n) is 4.82. The smallest absolute Gasteiger partial charge is 0.371 e. The van der Waals surface area contributed by atoms with E-state index in [-0.39, 0.29) is 23.1 Å². The number of non-ortho nitro benzene ring substituents is 1. The van der Waals surface area contributed by atoms with Crippen LogP contribution in [-0.2, 0) is 0 Å². The van der Waals surface area contributed by atoms with Crippen LogP contribution < -0.4 is 4.74 Å². The molecule has 0 saturated heterocycles. The minimum absolute atomic E-state index is 0.0482. The number of carboxylic acids is 1. The van der Waals surface area contributed by atoms with Crippen LogP contribution in [0.5, 0.6) is 11.7 Å². The fourth-order valence-corrected chi connectivity index (χ4v) is 1.27. The molecule has 0 atom stereocenters. The SMILES string of the molecule is O=C(O)c1ccc(Oc2cccc([N+](=O)[O-])c2)o1. The molecule has 1 N–H and O–H groups in total. The molecular weight excluding hydrogens is 242 g/mol. The van der Waals surface area contributed by atoms with E-state index in [1.165, 1.54) is 36.4 Å². The highest BCUT2D eigenvalue weighted by Gasteiger charge is 2.12. The molecule has 0 unspecified atom stereocenters. The summed E-state index contributed by atoms with van der Waals surface area (Å²) >= 11 is 0. The number of aromatic carboxylic acids is 1. The lowest BCUT2D eigenvalue weighted by Gasteiger charge is -2.00. The van der Waals surface area contributed by atoms with Gasteiger partial charge in [-0.05, 0) is 12.1 Å². The van der Waals surface area contributed by atoms with Crippen LogP contribution in [0.4, 0.5) is 5.69 Å². The number of hydrogen-bond donors (Lipinski definition) is 1. The highest BCUT2D eigenvalue weighted by Crippen LogP contribution is 2.26. The van der Waals surface area contributed by atoms with Crippen LogP contribution in [-0.4, -0.2) is 16.0 Å². The highest BCUT2D eigenvalue weighted by atomic mass is 16.6. The first-order valence-corrected chi connectivity index (χ1v) is 4.82. The Bertz CT molecular complexity index is 603. The summed E-state index contributed by atoms with van der Waals surface area (Å²) in [5.74, 6) is -1.34. The first kappa shape index (κ1) is 11.6. The van der Waals surface area contributed by atoms with Gasteiger partial charge in [-0.2, -0.15) is 0 Å². The molecule has 7 heteroatoms. The molecule has 7 nitrogen and oxygen atoms in total. The zero-order valence-corrected chi connectivity index (χ0v) is 8.90. The Morgan fingerprint density at radius 2 is 2.11 bits per heavy atom. The van der Waals surface area contributed by atoms with Crippen molar-refractivity contribution < 1.29 is 24.0 Å². The van der Waals surface area contributed by atoms with E-state index in [0.29, 0.717) is 0 Å². The standard InChI is InChI=1S/C11H7NO6/c13-11(14)9-4-5-10(18-9)17-8-3-1-2-7(6-8)12(15)16/h1-6H,(H,13,14). The van der Waals surface area contributed by atoms with Crippen LogP contribution >= 0.6 is 0 Å². The summed E-state index contributed by atoms with van der Waals surface area (Å²) in [5, 5.41) is 19.2. The van der Waals surface area contributed by atoms with E-state index in [2.05, 4.69) is 0 Å². The van der Waals surface area contributed by atoms with Gasteiger partial charge in [0, 0.05) is 12.1 Å². The van der Waals surface area contributed by atoms with Crippen LogP contribution in [0.3, 0.4) is 0 Å². The van der Waals surface area contributed by atoms with E-state index in [0.717, 1.165) is 0 Å². The number of benzene rings is 1. The molecule has 0 fully saturated rings. The molecule has 0 radical (unpaired) electrons. The van der Waals surface area contributed by atoms with Gasteiger partial charge in [0.1, 0.15) is 5.75 Å². The average Bonchev–Trinajstić information content (AvgIpc) is 2.78. The van der Waals surface area contributed by atoms with E-state index in [1.54, 1.807) is 0 Å². The van der Waals surface area contributed by atoms with Gasteiger partial charge in [0.05, 0.1) is 11.0 Å². The van der Waals surface area contributed by atoms with Gasteiger partial charge in [-0.1, -0.05) is 6.07 Å². The largest absolute Gasteiger partial charge is 0.475 e. The van der Waals surface area contributed by atoms with Crippen LogP contribution in [0.1, 0.15) is 10.6 Å². The van der Waals surface area contributed by atoms with Crippen molar-refractivity contribution in [2.24, 2.45) is 0 Å². The van der Waals surface area contributed by atoms with Crippen molar-refractivity contribution in [3.05, 3.63) is 52.3 Å². The summed E-state index contributed by atoms with van der Waals surface area (Å²) in [7, 11) is 0. The van der Waals surface area contributed by atoms with E-state index >= 15 is 0 Å². The van der Waals surface area contributed by atoms with Gasteiger partial charge in [-0.15, -0.1) is 0 Å². The zero-order valence-electron chi connectivity index (χ0n) is 8.90. The zero-order chi connectivity index (χ0) is 13.1. The van der Waals surface area contributed by atoms with E-state index < -0.39 is 10.9 Å². The lowest BCUT2D eigenvalue weighted by atomic mass is 10.3. The third-order valence-corrected chi connectivity index (χ3v) is 2.04. The average molecular weight is 249 g/mol. The maximum absolute atomic E-state index is 10.6. The fourth-order valence-electron chi connectivity index (χ4n) is 1.27. The highest BCUT2D eigenvalue weighted by molar-refractivity contribution is 5.84.